The maximum Gasteiger partial charge on any atom is 0.269 e. The average molecular weight is 397 g/mol. The number of nitro benzene ring substituents is 1. The van der Waals surface area contributed by atoms with Crippen LogP contribution in [0.25, 0.3) is 5.69 Å². The molecule has 0 atom stereocenters. The van der Waals surface area contributed by atoms with Crippen molar-refractivity contribution in [1.29, 1.82) is 0 Å². The van der Waals surface area contributed by atoms with Crippen molar-refractivity contribution in [3.05, 3.63) is 67.9 Å². The topological polar surface area (TPSA) is 103 Å². The number of fused-ring (bicyclic) bond motifs is 1. The molecule has 0 saturated heterocycles. The molecule has 2 heterocycles. The summed E-state index contributed by atoms with van der Waals surface area (Å²) in [7, 11) is 0. The molecule has 1 N–H and O–H groups in total. The Morgan fingerprint density at radius 1 is 1.25 bits per heavy atom. The summed E-state index contributed by atoms with van der Waals surface area (Å²) in [6.07, 6.45) is 8.47. The third-order valence-electron chi connectivity index (χ3n) is 4.68. The van der Waals surface area contributed by atoms with Gasteiger partial charge in [-0.15, -0.1) is 11.3 Å². The molecule has 1 aliphatic carbocycles. The molecule has 144 valence electrons. The van der Waals surface area contributed by atoms with Crippen molar-refractivity contribution in [3.8, 4) is 5.69 Å². The highest BCUT2D eigenvalue weighted by Gasteiger charge is 2.15. The van der Waals surface area contributed by atoms with E-state index in [-0.39, 0.29) is 11.6 Å². The van der Waals surface area contributed by atoms with Crippen molar-refractivity contribution in [2.24, 2.45) is 0 Å². The van der Waals surface area contributed by atoms with Gasteiger partial charge in [0.15, 0.2) is 0 Å². The third-order valence-corrected chi connectivity index (χ3v) is 5.90. The number of hydrogen-bond acceptors (Lipinski definition) is 6. The van der Waals surface area contributed by atoms with Crippen LogP contribution in [-0.4, -0.2) is 32.1 Å². The lowest BCUT2D eigenvalue weighted by Gasteiger charge is -2.06. The summed E-state index contributed by atoms with van der Waals surface area (Å²) in [6.45, 7) is 0.522. The second kappa shape index (κ2) is 7.89. The molecule has 1 amide bonds. The Labute approximate surface area is 165 Å². The predicted octanol–water partition coefficient (Wildman–Crippen LogP) is 3.09. The lowest BCUT2D eigenvalue weighted by Crippen LogP contribution is -2.25. The van der Waals surface area contributed by atoms with Gasteiger partial charge in [-0.3, -0.25) is 14.9 Å². The zero-order chi connectivity index (χ0) is 19.5. The van der Waals surface area contributed by atoms with E-state index in [4.69, 9.17) is 0 Å². The van der Waals surface area contributed by atoms with E-state index in [2.05, 4.69) is 15.4 Å². The molecule has 0 bridgehead atoms. The van der Waals surface area contributed by atoms with E-state index in [1.165, 1.54) is 46.4 Å². The zero-order valence-corrected chi connectivity index (χ0v) is 15.9. The Balaban J connectivity index is 1.34. The number of nitrogens with one attached hydrogen (secondary N) is 1. The van der Waals surface area contributed by atoms with Crippen LogP contribution in [0.15, 0.2) is 36.7 Å². The average Bonchev–Trinajstić information content (AvgIpc) is 3.35. The van der Waals surface area contributed by atoms with Crippen molar-refractivity contribution in [2.75, 3.05) is 6.54 Å². The lowest BCUT2D eigenvalue weighted by molar-refractivity contribution is -0.384. The standard InChI is InChI=1S/C19H19N5O3S/c25-19(20-10-9-18-22-16-3-1-2-4-17(16)28-18)13-11-21-23(12-13)14-5-7-15(8-6-14)24(26)27/h5-8,11-12H,1-4,9-10H2,(H,20,25). The van der Waals surface area contributed by atoms with E-state index in [0.29, 0.717) is 17.8 Å². The molecule has 0 unspecified atom stereocenters. The normalized spacial score (nSPS) is 13.1. The molecular weight excluding hydrogens is 378 g/mol. The number of aromatic nitrogens is 3. The molecule has 2 aromatic heterocycles. The molecule has 1 aromatic carbocycles. The predicted molar refractivity (Wildman–Crippen MR) is 105 cm³/mol. The highest BCUT2D eigenvalue weighted by atomic mass is 32.1. The Kier molecular flexibility index (Phi) is 5.16. The molecule has 0 spiro atoms. The van der Waals surface area contributed by atoms with Crippen molar-refractivity contribution in [2.45, 2.75) is 32.1 Å². The van der Waals surface area contributed by atoms with Crippen molar-refractivity contribution in [1.82, 2.24) is 20.1 Å². The summed E-state index contributed by atoms with van der Waals surface area (Å²) in [6, 6.07) is 6.00. The van der Waals surface area contributed by atoms with Gasteiger partial charge in [0.2, 0.25) is 0 Å². The van der Waals surface area contributed by atoms with Gasteiger partial charge < -0.3 is 5.32 Å². The summed E-state index contributed by atoms with van der Waals surface area (Å²) in [5.74, 6) is -0.200. The second-order valence-corrected chi connectivity index (χ2v) is 7.81. The number of rotatable bonds is 6. The molecule has 0 saturated carbocycles. The van der Waals surface area contributed by atoms with Crippen LogP contribution in [0.1, 0.15) is 38.8 Å². The number of nitro groups is 1. The second-order valence-electron chi connectivity index (χ2n) is 6.64. The maximum absolute atomic E-state index is 12.3. The minimum Gasteiger partial charge on any atom is -0.352 e. The lowest BCUT2D eigenvalue weighted by atomic mass is 10.0. The van der Waals surface area contributed by atoms with Gasteiger partial charge in [0.05, 0.1) is 33.1 Å². The van der Waals surface area contributed by atoms with Crippen LogP contribution in [0.2, 0.25) is 0 Å². The smallest absolute Gasteiger partial charge is 0.269 e. The Bertz CT molecular complexity index is 986. The number of non-ortho nitro benzene ring substituents is 1. The van der Waals surface area contributed by atoms with Gasteiger partial charge in [0, 0.05) is 36.2 Å². The van der Waals surface area contributed by atoms with Gasteiger partial charge in [0.1, 0.15) is 0 Å². The number of thiazole rings is 1. The summed E-state index contributed by atoms with van der Waals surface area (Å²) < 4.78 is 1.52. The summed E-state index contributed by atoms with van der Waals surface area (Å²) in [5, 5.41) is 18.9. The molecule has 8 nitrogen and oxygen atoms in total. The first-order valence-electron chi connectivity index (χ1n) is 9.15. The van der Waals surface area contributed by atoms with Crippen LogP contribution in [0.4, 0.5) is 5.69 Å². The molecule has 0 aliphatic heterocycles. The highest BCUT2D eigenvalue weighted by Crippen LogP contribution is 2.26. The van der Waals surface area contributed by atoms with Gasteiger partial charge in [-0.05, 0) is 37.8 Å². The first kappa shape index (κ1) is 18.3. The van der Waals surface area contributed by atoms with E-state index in [1.807, 2.05) is 0 Å². The number of hydrogen-bond donors (Lipinski definition) is 1. The Morgan fingerprint density at radius 3 is 2.79 bits per heavy atom. The number of aryl methyl sites for hydroxylation is 2. The van der Waals surface area contributed by atoms with Crippen LogP contribution in [0.3, 0.4) is 0 Å². The first-order valence-corrected chi connectivity index (χ1v) is 9.97. The van der Waals surface area contributed by atoms with Crippen LogP contribution in [0, 0.1) is 10.1 Å². The van der Waals surface area contributed by atoms with Gasteiger partial charge in [-0.2, -0.15) is 5.10 Å². The zero-order valence-electron chi connectivity index (χ0n) is 15.1. The van der Waals surface area contributed by atoms with Crippen LogP contribution in [-0.2, 0) is 19.3 Å². The van der Waals surface area contributed by atoms with E-state index in [1.54, 1.807) is 29.7 Å². The molecular formula is C19H19N5O3S. The number of carbonyl (C=O) groups excluding carboxylic acids is 1. The number of carbonyl (C=O) groups is 1. The number of benzene rings is 1. The minimum atomic E-state index is -0.454. The monoisotopic (exact) mass is 397 g/mol. The molecule has 0 fully saturated rings. The van der Waals surface area contributed by atoms with E-state index in [9.17, 15) is 14.9 Å². The quantitative estimate of drug-likeness (QED) is 0.509. The molecule has 3 aromatic rings. The number of nitrogens with zero attached hydrogens (tertiary/aromatic N) is 4. The fourth-order valence-corrected chi connectivity index (χ4v) is 4.36. The Morgan fingerprint density at radius 2 is 2.04 bits per heavy atom. The molecule has 1 aliphatic rings. The molecule has 28 heavy (non-hydrogen) atoms. The van der Waals surface area contributed by atoms with E-state index in [0.717, 1.165) is 24.3 Å². The van der Waals surface area contributed by atoms with Gasteiger partial charge in [-0.1, -0.05) is 0 Å². The van der Waals surface area contributed by atoms with Gasteiger partial charge in [-0.25, -0.2) is 9.67 Å². The van der Waals surface area contributed by atoms with Crippen molar-refractivity contribution < 1.29 is 9.72 Å². The summed E-state index contributed by atoms with van der Waals surface area (Å²) in [5.41, 5.74) is 2.34. The Hall–Kier alpha value is -3.07. The first-order chi connectivity index (χ1) is 13.6. The fraction of sp³-hybridized carbons (Fsp3) is 0.316. The van der Waals surface area contributed by atoms with Gasteiger partial charge >= 0.3 is 0 Å². The van der Waals surface area contributed by atoms with Crippen molar-refractivity contribution in [3.63, 3.8) is 0 Å². The van der Waals surface area contributed by atoms with Gasteiger partial charge in [0.25, 0.3) is 11.6 Å². The number of amides is 1. The van der Waals surface area contributed by atoms with Crippen LogP contribution >= 0.6 is 11.3 Å². The van der Waals surface area contributed by atoms with Crippen molar-refractivity contribution >= 4 is 22.9 Å². The fourth-order valence-electron chi connectivity index (χ4n) is 3.21. The van der Waals surface area contributed by atoms with E-state index >= 15 is 0 Å². The van der Waals surface area contributed by atoms with Crippen LogP contribution in [0.5, 0.6) is 0 Å². The highest BCUT2D eigenvalue weighted by molar-refractivity contribution is 7.11. The third kappa shape index (κ3) is 3.94. The summed E-state index contributed by atoms with van der Waals surface area (Å²) in [4.78, 5) is 28.7. The van der Waals surface area contributed by atoms with E-state index < -0.39 is 4.92 Å². The molecule has 0 radical (unpaired) electrons. The SMILES string of the molecule is O=C(NCCc1nc2c(s1)CCCC2)c1cnn(-c2ccc([N+](=O)[O-])cc2)c1. The minimum absolute atomic E-state index is 0.0118. The van der Waals surface area contributed by atoms with Crippen LogP contribution < -0.4 is 5.32 Å². The largest absolute Gasteiger partial charge is 0.352 e. The molecule has 9 heteroatoms. The summed E-state index contributed by atoms with van der Waals surface area (Å²) >= 11 is 1.76. The molecule has 4 rings (SSSR count). The maximum atomic E-state index is 12.3.